The molecular formula is C24H25N5O4. The Balaban J connectivity index is 1.43. The van der Waals surface area contributed by atoms with Crippen LogP contribution in [0.15, 0.2) is 55.1 Å². The highest BCUT2D eigenvalue weighted by Gasteiger charge is 2.37. The van der Waals surface area contributed by atoms with E-state index in [1.165, 1.54) is 18.5 Å². The Morgan fingerprint density at radius 3 is 2.52 bits per heavy atom. The molecule has 2 aromatic carbocycles. The predicted molar refractivity (Wildman–Crippen MR) is 121 cm³/mol. The molecule has 33 heavy (non-hydrogen) atoms. The van der Waals surface area contributed by atoms with E-state index in [2.05, 4.69) is 15.4 Å². The molecule has 1 aliphatic heterocycles. The highest BCUT2D eigenvalue weighted by molar-refractivity contribution is 6.34. The van der Waals surface area contributed by atoms with Crippen molar-refractivity contribution in [1.82, 2.24) is 20.1 Å². The van der Waals surface area contributed by atoms with Crippen LogP contribution in [0, 0.1) is 0 Å². The van der Waals surface area contributed by atoms with Gasteiger partial charge < -0.3 is 10.1 Å². The van der Waals surface area contributed by atoms with Crippen molar-refractivity contribution in [2.75, 3.05) is 18.1 Å². The van der Waals surface area contributed by atoms with Crippen molar-refractivity contribution in [2.24, 2.45) is 0 Å². The SMILES string of the molecule is CC(C)OCCCNC(=O)c1ccc2c(c1)C(=O)N(c1ccc(Cn3cncn3)cc1)C2=O. The number of rotatable bonds is 9. The number of hydrogen-bond donors (Lipinski definition) is 1. The van der Waals surface area contributed by atoms with Crippen molar-refractivity contribution in [1.29, 1.82) is 0 Å². The first-order chi connectivity index (χ1) is 15.9. The van der Waals surface area contributed by atoms with Gasteiger partial charge in [-0.15, -0.1) is 0 Å². The van der Waals surface area contributed by atoms with Crippen molar-refractivity contribution < 1.29 is 19.1 Å². The summed E-state index contributed by atoms with van der Waals surface area (Å²) >= 11 is 0. The lowest BCUT2D eigenvalue weighted by atomic mass is 10.1. The number of hydrogen-bond acceptors (Lipinski definition) is 6. The zero-order valence-corrected chi connectivity index (χ0v) is 18.5. The van der Waals surface area contributed by atoms with Gasteiger partial charge in [0, 0.05) is 18.7 Å². The summed E-state index contributed by atoms with van der Waals surface area (Å²) in [7, 11) is 0. The first kappa shape index (κ1) is 22.3. The fourth-order valence-electron chi connectivity index (χ4n) is 3.56. The van der Waals surface area contributed by atoms with Crippen LogP contribution in [-0.4, -0.2) is 51.7 Å². The zero-order chi connectivity index (χ0) is 23.4. The highest BCUT2D eigenvalue weighted by atomic mass is 16.5. The van der Waals surface area contributed by atoms with E-state index in [1.807, 2.05) is 26.0 Å². The molecule has 0 unspecified atom stereocenters. The third kappa shape index (κ3) is 4.98. The largest absolute Gasteiger partial charge is 0.379 e. The van der Waals surface area contributed by atoms with Crippen LogP contribution in [-0.2, 0) is 11.3 Å². The van der Waals surface area contributed by atoms with Crippen LogP contribution in [0.2, 0.25) is 0 Å². The standard InChI is InChI=1S/C24H25N5O4/c1-16(2)33-11-3-10-26-22(30)18-6-9-20-21(12-18)24(32)29(23(20)31)19-7-4-17(5-8-19)13-28-15-25-14-27-28/h4-9,12,14-16H,3,10-11,13H2,1-2H3,(H,26,30). The number of carbonyl (C=O) groups excluding carboxylic acids is 3. The van der Waals surface area contributed by atoms with Gasteiger partial charge >= 0.3 is 0 Å². The second-order valence-corrected chi connectivity index (χ2v) is 7.99. The Kier molecular flexibility index (Phi) is 6.60. The minimum Gasteiger partial charge on any atom is -0.379 e. The third-order valence-corrected chi connectivity index (χ3v) is 5.21. The van der Waals surface area contributed by atoms with E-state index in [9.17, 15) is 14.4 Å². The zero-order valence-electron chi connectivity index (χ0n) is 18.5. The number of amides is 3. The minimum absolute atomic E-state index is 0.147. The van der Waals surface area contributed by atoms with E-state index >= 15 is 0 Å². The Morgan fingerprint density at radius 1 is 1.06 bits per heavy atom. The average molecular weight is 447 g/mol. The third-order valence-electron chi connectivity index (χ3n) is 5.21. The summed E-state index contributed by atoms with van der Waals surface area (Å²) < 4.78 is 7.14. The van der Waals surface area contributed by atoms with Gasteiger partial charge in [-0.2, -0.15) is 5.10 Å². The summed E-state index contributed by atoms with van der Waals surface area (Å²) in [6.45, 7) is 5.46. The average Bonchev–Trinajstić information content (AvgIpc) is 3.40. The van der Waals surface area contributed by atoms with Crippen molar-refractivity contribution in [3.63, 3.8) is 0 Å². The molecule has 0 atom stereocenters. The Morgan fingerprint density at radius 2 is 1.82 bits per heavy atom. The van der Waals surface area contributed by atoms with E-state index in [4.69, 9.17) is 4.74 Å². The van der Waals surface area contributed by atoms with Crippen LogP contribution in [0.3, 0.4) is 0 Å². The fourth-order valence-corrected chi connectivity index (χ4v) is 3.56. The van der Waals surface area contributed by atoms with Gasteiger partial charge in [0.05, 0.1) is 29.5 Å². The van der Waals surface area contributed by atoms with Gasteiger partial charge in [-0.1, -0.05) is 12.1 Å². The van der Waals surface area contributed by atoms with E-state index in [1.54, 1.807) is 29.2 Å². The molecule has 1 N–H and O–H groups in total. The number of imide groups is 1. The van der Waals surface area contributed by atoms with E-state index in [-0.39, 0.29) is 23.1 Å². The molecule has 3 aromatic rings. The smallest absolute Gasteiger partial charge is 0.266 e. The van der Waals surface area contributed by atoms with Crippen molar-refractivity contribution in [2.45, 2.75) is 32.9 Å². The molecule has 2 heterocycles. The van der Waals surface area contributed by atoms with Crippen molar-refractivity contribution >= 4 is 23.4 Å². The lowest BCUT2D eigenvalue weighted by Crippen LogP contribution is -2.29. The molecule has 0 saturated carbocycles. The fraction of sp³-hybridized carbons (Fsp3) is 0.292. The lowest BCUT2D eigenvalue weighted by Gasteiger charge is -2.14. The summed E-state index contributed by atoms with van der Waals surface area (Å²) in [5.74, 6) is -1.14. The Bertz CT molecular complexity index is 1160. The Hall–Kier alpha value is -3.85. The van der Waals surface area contributed by atoms with Crippen LogP contribution in [0.1, 0.15) is 56.9 Å². The molecule has 0 spiro atoms. The summed E-state index contributed by atoms with van der Waals surface area (Å²) in [5, 5.41) is 6.88. The molecule has 0 aliphatic carbocycles. The first-order valence-corrected chi connectivity index (χ1v) is 10.8. The van der Waals surface area contributed by atoms with Gasteiger partial charge in [-0.05, 0) is 56.2 Å². The van der Waals surface area contributed by atoms with Gasteiger partial charge in [-0.25, -0.2) is 14.6 Å². The maximum absolute atomic E-state index is 13.0. The second kappa shape index (κ2) is 9.74. The number of aromatic nitrogens is 3. The molecule has 3 amide bonds. The van der Waals surface area contributed by atoms with Crippen LogP contribution in [0.25, 0.3) is 0 Å². The second-order valence-electron chi connectivity index (χ2n) is 7.99. The predicted octanol–water partition coefficient (Wildman–Crippen LogP) is 2.67. The van der Waals surface area contributed by atoms with Crippen molar-refractivity contribution in [3.8, 4) is 0 Å². The van der Waals surface area contributed by atoms with Crippen LogP contribution in [0.4, 0.5) is 5.69 Å². The molecular weight excluding hydrogens is 422 g/mol. The molecule has 9 nitrogen and oxygen atoms in total. The van der Waals surface area contributed by atoms with Crippen LogP contribution in [0.5, 0.6) is 0 Å². The van der Waals surface area contributed by atoms with Crippen LogP contribution >= 0.6 is 0 Å². The van der Waals surface area contributed by atoms with E-state index in [0.29, 0.717) is 37.4 Å². The summed E-state index contributed by atoms with van der Waals surface area (Å²) in [6.07, 6.45) is 3.91. The van der Waals surface area contributed by atoms with E-state index < -0.39 is 11.8 Å². The van der Waals surface area contributed by atoms with Crippen molar-refractivity contribution in [3.05, 3.63) is 77.4 Å². The maximum atomic E-state index is 13.0. The summed E-state index contributed by atoms with van der Waals surface area (Å²) in [5.41, 5.74) is 2.28. The van der Waals surface area contributed by atoms with Gasteiger partial charge in [-0.3, -0.25) is 14.4 Å². The van der Waals surface area contributed by atoms with Gasteiger partial charge in [0.2, 0.25) is 0 Å². The molecule has 0 fully saturated rings. The van der Waals surface area contributed by atoms with Gasteiger partial charge in [0.15, 0.2) is 0 Å². The number of anilines is 1. The molecule has 1 aliphatic rings. The molecule has 0 bridgehead atoms. The normalized spacial score (nSPS) is 13.0. The Labute approximate surface area is 191 Å². The first-order valence-electron chi connectivity index (χ1n) is 10.8. The minimum atomic E-state index is -0.445. The number of fused-ring (bicyclic) bond motifs is 1. The molecule has 170 valence electrons. The molecule has 0 radical (unpaired) electrons. The number of ether oxygens (including phenoxy) is 1. The number of nitrogens with one attached hydrogen (secondary N) is 1. The quantitative estimate of drug-likeness (QED) is 0.399. The monoisotopic (exact) mass is 447 g/mol. The number of nitrogens with zero attached hydrogens (tertiary/aromatic N) is 4. The summed E-state index contributed by atoms with van der Waals surface area (Å²) in [6, 6.07) is 11.7. The van der Waals surface area contributed by atoms with E-state index in [0.717, 1.165) is 10.5 Å². The van der Waals surface area contributed by atoms with Gasteiger partial charge in [0.1, 0.15) is 12.7 Å². The number of carbonyl (C=O) groups is 3. The topological polar surface area (TPSA) is 106 Å². The maximum Gasteiger partial charge on any atom is 0.266 e. The lowest BCUT2D eigenvalue weighted by molar-refractivity contribution is 0.0756. The van der Waals surface area contributed by atoms with Gasteiger partial charge in [0.25, 0.3) is 17.7 Å². The highest BCUT2D eigenvalue weighted by Crippen LogP contribution is 2.29. The summed E-state index contributed by atoms with van der Waals surface area (Å²) in [4.78, 5) is 43.4. The van der Waals surface area contributed by atoms with Crippen LogP contribution < -0.4 is 10.2 Å². The molecule has 1 aromatic heterocycles. The number of benzene rings is 2. The molecule has 9 heteroatoms. The molecule has 4 rings (SSSR count). The molecule has 0 saturated heterocycles.